The molecule has 0 aliphatic rings. The summed E-state index contributed by atoms with van der Waals surface area (Å²) < 4.78 is 28.1. The summed E-state index contributed by atoms with van der Waals surface area (Å²) in [7, 11) is -2.82. The number of carboxylic acids is 1. The van der Waals surface area contributed by atoms with Crippen LogP contribution in [-0.4, -0.2) is 25.7 Å². The lowest BCUT2D eigenvalue weighted by molar-refractivity contribution is -0.144. The Bertz CT molecular complexity index is 459. The maximum absolute atomic E-state index is 10.5. The highest BCUT2D eigenvalue weighted by atomic mass is 32.2. The van der Waals surface area contributed by atoms with Crippen molar-refractivity contribution in [2.75, 3.05) is 0 Å². The Balaban J connectivity index is 2.86. The van der Waals surface area contributed by atoms with Gasteiger partial charge in [0.25, 0.3) is 0 Å². The number of carboxylic acid groups (broad SMARTS) is 1. The Kier molecular flexibility index (Phi) is 3.81. The zero-order valence-corrected chi connectivity index (χ0v) is 8.22. The summed E-state index contributed by atoms with van der Waals surface area (Å²) >= 11 is 0. The zero-order valence-electron chi connectivity index (χ0n) is 7.40. The van der Waals surface area contributed by atoms with E-state index in [0.717, 1.165) is 0 Å². The molecule has 0 aliphatic carbocycles. The standard InChI is InChI=1S/C8H7NO5S/c10-8(11)7(9-15(12)13)14-6-4-2-1-3-5-6/h1-5,7H,(H,10,11). The van der Waals surface area contributed by atoms with Gasteiger partial charge in [-0.05, 0) is 12.1 Å². The van der Waals surface area contributed by atoms with Crippen LogP contribution in [0.2, 0.25) is 0 Å². The van der Waals surface area contributed by atoms with Crippen molar-refractivity contribution >= 4 is 16.5 Å². The molecule has 6 nitrogen and oxygen atoms in total. The first-order chi connectivity index (χ1) is 7.09. The normalized spacial score (nSPS) is 11.5. The minimum Gasteiger partial charge on any atom is -0.477 e. The van der Waals surface area contributed by atoms with Crippen LogP contribution >= 0.6 is 0 Å². The molecule has 1 unspecified atom stereocenters. The number of ether oxygens (including phenoxy) is 1. The van der Waals surface area contributed by atoms with Crippen molar-refractivity contribution in [1.82, 2.24) is 0 Å². The molecular weight excluding hydrogens is 222 g/mol. The molecule has 7 heteroatoms. The average molecular weight is 229 g/mol. The molecule has 1 N–H and O–H groups in total. The average Bonchev–Trinajstić information content (AvgIpc) is 2.17. The third-order valence-corrected chi connectivity index (χ3v) is 1.75. The molecule has 0 saturated heterocycles. The smallest absolute Gasteiger partial charge is 0.369 e. The highest BCUT2D eigenvalue weighted by molar-refractivity contribution is 7.61. The molecule has 1 aromatic rings. The van der Waals surface area contributed by atoms with Crippen LogP contribution in [0, 0.1) is 0 Å². The van der Waals surface area contributed by atoms with Crippen molar-refractivity contribution in [2.24, 2.45) is 4.36 Å². The number of hydrogen-bond acceptors (Lipinski definition) is 5. The molecule has 1 aromatic carbocycles. The fourth-order valence-corrected chi connectivity index (χ4v) is 1.11. The zero-order chi connectivity index (χ0) is 11.3. The minimum absolute atomic E-state index is 0.235. The summed E-state index contributed by atoms with van der Waals surface area (Å²) in [5.41, 5.74) is 0. The molecule has 0 radical (unpaired) electrons. The van der Waals surface area contributed by atoms with Gasteiger partial charge in [0.1, 0.15) is 5.75 Å². The van der Waals surface area contributed by atoms with E-state index in [2.05, 4.69) is 4.36 Å². The van der Waals surface area contributed by atoms with Gasteiger partial charge in [-0.25, -0.2) is 4.79 Å². The predicted molar refractivity (Wildman–Crippen MR) is 49.8 cm³/mol. The molecule has 0 aliphatic heterocycles. The van der Waals surface area contributed by atoms with Crippen molar-refractivity contribution in [3.8, 4) is 5.75 Å². The van der Waals surface area contributed by atoms with E-state index in [0.29, 0.717) is 0 Å². The molecule has 0 amide bonds. The lowest BCUT2D eigenvalue weighted by atomic mass is 10.3. The predicted octanol–water partition coefficient (Wildman–Crippen LogP) is 0.539. The topological polar surface area (TPSA) is 93.0 Å². The van der Waals surface area contributed by atoms with E-state index in [4.69, 9.17) is 9.84 Å². The van der Waals surface area contributed by atoms with Gasteiger partial charge in [0, 0.05) is 0 Å². The molecule has 0 heterocycles. The fraction of sp³-hybridized carbons (Fsp3) is 0.125. The summed E-state index contributed by atoms with van der Waals surface area (Å²) in [5.74, 6) is -1.23. The number of hydrogen-bond donors (Lipinski definition) is 1. The molecule has 0 fully saturated rings. The number of aliphatic carboxylic acids is 1. The third-order valence-electron chi connectivity index (χ3n) is 1.38. The van der Waals surface area contributed by atoms with Gasteiger partial charge in [0.05, 0.1) is 0 Å². The molecular formula is C8H7NO5S. The van der Waals surface area contributed by atoms with Crippen LogP contribution in [0.25, 0.3) is 0 Å². The molecule has 0 saturated carbocycles. The van der Waals surface area contributed by atoms with Crippen LogP contribution in [0.5, 0.6) is 5.75 Å². The highest BCUT2D eigenvalue weighted by Crippen LogP contribution is 2.11. The van der Waals surface area contributed by atoms with Gasteiger partial charge in [-0.2, -0.15) is 8.42 Å². The van der Waals surface area contributed by atoms with Gasteiger partial charge >= 0.3 is 22.7 Å². The van der Waals surface area contributed by atoms with E-state index in [1.54, 1.807) is 18.2 Å². The lowest BCUT2D eigenvalue weighted by Gasteiger charge is -2.07. The van der Waals surface area contributed by atoms with Crippen LogP contribution in [0.1, 0.15) is 0 Å². The molecule has 1 atom stereocenters. The Morgan fingerprint density at radius 3 is 2.40 bits per heavy atom. The molecule has 0 aromatic heterocycles. The van der Waals surface area contributed by atoms with E-state index < -0.39 is 22.7 Å². The minimum atomic E-state index is -2.82. The first-order valence-electron chi connectivity index (χ1n) is 3.84. The SMILES string of the molecule is O=C(O)C(N=S(=O)=O)Oc1ccccc1. The maximum Gasteiger partial charge on any atom is 0.369 e. The first kappa shape index (κ1) is 11.2. The van der Waals surface area contributed by atoms with Crippen LogP contribution in [0.3, 0.4) is 0 Å². The second-order valence-electron chi connectivity index (χ2n) is 2.44. The Morgan fingerprint density at radius 1 is 1.33 bits per heavy atom. The molecule has 80 valence electrons. The van der Waals surface area contributed by atoms with Gasteiger partial charge < -0.3 is 9.84 Å². The van der Waals surface area contributed by atoms with Crippen molar-refractivity contribution in [1.29, 1.82) is 0 Å². The first-order valence-corrected chi connectivity index (χ1v) is 4.87. The molecule has 1 rings (SSSR count). The Morgan fingerprint density at radius 2 is 1.93 bits per heavy atom. The van der Waals surface area contributed by atoms with Crippen molar-refractivity contribution in [2.45, 2.75) is 6.23 Å². The number of para-hydroxylation sites is 1. The van der Waals surface area contributed by atoms with E-state index in [9.17, 15) is 13.2 Å². The van der Waals surface area contributed by atoms with Crippen LogP contribution in [0.15, 0.2) is 34.7 Å². The van der Waals surface area contributed by atoms with Gasteiger partial charge in [0.2, 0.25) is 0 Å². The van der Waals surface area contributed by atoms with E-state index in [1.807, 2.05) is 0 Å². The van der Waals surface area contributed by atoms with E-state index in [1.165, 1.54) is 12.1 Å². The van der Waals surface area contributed by atoms with Gasteiger partial charge in [-0.1, -0.05) is 18.2 Å². The number of carbonyl (C=O) groups is 1. The summed E-state index contributed by atoms with van der Waals surface area (Å²) in [4.78, 5) is 10.5. The van der Waals surface area contributed by atoms with Crippen LogP contribution < -0.4 is 4.74 Å². The monoisotopic (exact) mass is 229 g/mol. The Hall–Kier alpha value is -1.89. The summed E-state index contributed by atoms with van der Waals surface area (Å²) in [5, 5.41) is 8.59. The van der Waals surface area contributed by atoms with Crippen LogP contribution in [-0.2, 0) is 15.3 Å². The second-order valence-corrected chi connectivity index (χ2v) is 3.09. The van der Waals surface area contributed by atoms with Gasteiger partial charge in [0.15, 0.2) is 0 Å². The summed E-state index contributed by atoms with van der Waals surface area (Å²) in [6.07, 6.45) is -1.74. The molecule has 15 heavy (non-hydrogen) atoms. The number of nitrogens with zero attached hydrogens (tertiary/aromatic N) is 1. The highest BCUT2D eigenvalue weighted by Gasteiger charge is 2.18. The van der Waals surface area contributed by atoms with E-state index >= 15 is 0 Å². The molecule has 0 spiro atoms. The number of rotatable bonds is 4. The van der Waals surface area contributed by atoms with Crippen molar-refractivity contribution in [3.05, 3.63) is 30.3 Å². The molecule has 0 bridgehead atoms. The largest absolute Gasteiger partial charge is 0.477 e. The summed E-state index contributed by atoms with van der Waals surface area (Å²) in [6.45, 7) is 0. The Labute approximate surface area is 86.8 Å². The quantitative estimate of drug-likeness (QED) is 0.813. The van der Waals surface area contributed by atoms with Crippen molar-refractivity contribution < 1.29 is 23.1 Å². The fourth-order valence-electron chi connectivity index (χ4n) is 0.823. The number of benzene rings is 1. The maximum atomic E-state index is 10.5. The second kappa shape index (κ2) is 5.11. The van der Waals surface area contributed by atoms with Crippen molar-refractivity contribution in [3.63, 3.8) is 0 Å². The van der Waals surface area contributed by atoms with Crippen LogP contribution in [0.4, 0.5) is 0 Å². The van der Waals surface area contributed by atoms with Gasteiger partial charge in [-0.15, -0.1) is 4.36 Å². The lowest BCUT2D eigenvalue weighted by Crippen LogP contribution is -2.24. The third kappa shape index (κ3) is 3.77. The summed E-state index contributed by atoms with van der Waals surface area (Å²) in [6, 6.07) is 7.97. The van der Waals surface area contributed by atoms with E-state index in [-0.39, 0.29) is 5.75 Å². The van der Waals surface area contributed by atoms with Gasteiger partial charge in [-0.3, -0.25) is 0 Å².